The van der Waals surface area contributed by atoms with Crippen molar-refractivity contribution in [3.8, 4) is 11.5 Å². The fourth-order valence-corrected chi connectivity index (χ4v) is 4.56. The van der Waals surface area contributed by atoms with Gasteiger partial charge in [-0.3, -0.25) is 10.0 Å². The maximum atomic E-state index is 13.4. The topological polar surface area (TPSA) is 85.1 Å². The van der Waals surface area contributed by atoms with Crippen LogP contribution in [-0.2, 0) is 21.9 Å². The third kappa shape index (κ3) is 8.69. The van der Waals surface area contributed by atoms with Crippen LogP contribution in [0.1, 0.15) is 30.5 Å². The number of urea groups is 1. The molecule has 1 aliphatic heterocycles. The van der Waals surface area contributed by atoms with E-state index in [4.69, 9.17) is 21.5 Å². The third-order valence-corrected chi connectivity index (χ3v) is 6.95. The van der Waals surface area contributed by atoms with Gasteiger partial charge in [-0.1, -0.05) is 23.7 Å². The van der Waals surface area contributed by atoms with Crippen LogP contribution in [0.2, 0.25) is 5.02 Å². The predicted molar refractivity (Wildman–Crippen MR) is 151 cm³/mol. The van der Waals surface area contributed by atoms with E-state index >= 15 is 0 Å². The summed E-state index contributed by atoms with van der Waals surface area (Å²) in [6, 6.07) is 17.5. The van der Waals surface area contributed by atoms with Crippen molar-refractivity contribution in [1.82, 2.24) is 4.90 Å². The lowest BCUT2D eigenvalue weighted by molar-refractivity contribution is -0.137. The highest BCUT2D eigenvalue weighted by molar-refractivity contribution is 7.82. The Morgan fingerprint density at radius 1 is 1.05 bits per heavy atom. The van der Waals surface area contributed by atoms with E-state index in [1.165, 1.54) is 15.9 Å². The van der Waals surface area contributed by atoms with Gasteiger partial charge in [0.15, 0.2) is 0 Å². The number of hydrogen-bond acceptors (Lipinski definition) is 4. The molecule has 2 atom stereocenters. The van der Waals surface area contributed by atoms with E-state index in [9.17, 15) is 22.2 Å². The molecule has 0 bridgehead atoms. The van der Waals surface area contributed by atoms with Crippen molar-refractivity contribution < 1.29 is 31.6 Å². The minimum absolute atomic E-state index is 0.181. The quantitative estimate of drug-likeness (QED) is 0.294. The number of nitrogens with two attached hydrogens (primary N) is 1. The number of carbonyl (C=O) groups is 1. The van der Waals surface area contributed by atoms with Crippen molar-refractivity contribution >= 4 is 34.3 Å². The van der Waals surface area contributed by atoms with E-state index in [1.54, 1.807) is 61.7 Å². The van der Waals surface area contributed by atoms with Crippen molar-refractivity contribution in [3.05, 3.63) is 88.9 Å². The Balaban J connectivity index is 0.00000103. The highest BCUT2D eigenvalue weighted by Gasteiger charge is 2.40. The molecule has 12 heteroatoms. The number of methoxy groups -OCH3 is 1. The van der Waals surface area contributed by atoms with Gasteiger partial charge in [0.2, 0.25) is 0 Å². The zero-order chi connectivity index (χ0) is 29.3. The first-order valence-corrected chi connectivity index (χ1v) is 14.2. The highest BCUT2D eigenvalue weighted by atomic mass is 35.5. The molecule has 2 N–H and O–H groups in total. The molecule has 1 saturated heterocycles. The van der Waals surface area contributed by atoms with E-state index in [0.717, 1.165) is 18.7 Å². The minimum Gasteiger partial charge on any atom is -0.457 e. The van der Waals surface area contributed by atoms with Crippen LogP contribution in [0.5, 0.6) is 11.5 Å². The van der Waals surface area contributed by atoms with Crippen LogP contribution in [0.25, 0.3) is 0 Å². The Bertz CT molecular complexity index is 1280. The molecule has 0 aromatic heterocycles. The van der Waals surface area contributed by atoms with Crippen LogP contribution in [0, 0.1) is 0 Å². The number of hydrogen-bond donors (Lipinski definition) is 1. The number of ether oxygens (including phenoxy) is 2. The molecule has 7 nitrogen and oxygen atoms in total. The molecule has 0 spiro atoms. The van der Waals surface area contributed by atoms with Gasteiger partial charge < -0.3 is 14.4 Å². The Labute approximate surface area is 239 Å². The van der Waals surface area contributed by atoms with E-state index < -0.39 is 28.8 Å². The Morgan fingerprint density at radius 3 is 2.20 bits per heavy atom. The minimum atomic E-state index is -4.50. The first-order chi connectivity index (χ1) is 19.0. The van der Waals surface area contributed by atoms with Gasteiger partial charge in [0.05, 0.1) is 22.6 Å². The molecule has 216 valence electrons. The Hall–Kier alpha value is -3.12. The molecule has 2 unspecified atom stereocenters. The SMILES string of the molecule is CCOC.NS(=O)CCCN1CC(c2cccc(C(F)(F)F)c2)N(c2ccc(Oc3ccc(Cl)cc3)cc2)C1=O. The van der Waals surface area contributed by atoms with Crippen molar-refractivity contribution in [2.45, 2.75) is 25.6 Å². The maximum Gasteiger partial charge on any atom is 0.416 e. The molecule has 0 saturated carbocycles. The number of amides is 2. The molecule has 1 aliphatic rings. The van der Waals surface area contributed by atoms with Crippen LogP contribution in [0.15, 0.2) is 72.8 Å². The molecule has 1 fully saturated rings. The summed E-state index contributed by atoms with van der Waals surface area (Å²) in [5.74, 6) is 1.31. The van der Waals surface area contributed by atoms with Crippen LogP contribution in [-0.4, -0.2) is 47.7 Å². The number of halogens is 4. The number of nitrogens with zero attached hydrogens (tertiary/aromatic N) is 2. The van der Waals surface area contributed by atoms with Gasteiger partial charge in [-0.05, 0) is 79.6 Å². The molecular formula is C28H31ClF3N3O4S. The van der Waals surface area contributed by atoms with E-state index in [0.29, 0.717) is 34.2 Å². The van der Waals surface area contributed by atoms with Gasteiger partial charge in [-0.25, -0.2) is 9.00 Å². The second-order valence-corrected chi connectivity index (χ2v) is 10.4. The number of anilines is 1. The van der Waals surface area contributed by atoms with Crippen molar-refractivity contribution in [2.24, 2.45) is 5.14 Å². The highest BCUT2D eigenvalue weighted by Crippen LogP contribution is 2.38. The Kier molecular flexibility index (Phi) is 11.4. The summed E-state index contributed by atoms with van der Waals surface area (Å²) in [6.45, 7) is 3.24. The van der Waals surface area contributed by atoms with E-state index in [-0.39, 0.29) is 24.9 Å². The summed E-state index contributed by atoms with van der Waals surface area (Å²) in [5.41, 5.74) is 0.0939. The summed E-state index contributed by atoms with van der Waals surface area (Å²) in [5, 5.41) is 5.89. The van der Waals surface area contributed by atoms with Crippen molar-refractivity contribution in [2.75, 3.05) is 37.5 Å². The second-order valence-electron chi connectivity index (χ2n) is 8.80. The molecule has 3 aromatic rings. The zero-order valence-corrected chi connectivity index (χ0v) is 23.6. The summed E-state index contributed by atoms with van der Waals surface area (Å²) < 4.78 is 61.7. The van der Waals surface area contributed by atoms with E-state index in [2.05, 4.69) is 4.74 Å². The van der Waals surface area contributed by atoms with Crippen molar-refractivity contribution in [3.63, 3.8) is 0 Å². The average molecular weight is 598 g/mol. The number of rotatable bonds is 9. The summed E-state index contributed by atoms with van der Waals surface area (Å²) in [4.78, 5) is 16.3. The maximum absolute atomic E-state index is 13.4. The zero-order valence-electron chi connectivity index (χ0n) is 22.1. The standard InChI is InChI=1S/C25H23ClF3N3O3S.C3H8O/c26-19-5-9-21(10-6-19)35-22-11-7-20(8-12-22)32-23(16-31(24(32)33)13-2-14-36(30)34)17-3-1-4-18(15-17)25(27,28)29;1-3-4-2/h1,3-12,15,23H,2,13-14,16,30H2;3H2,1-2H3. The molecule has 2 amide bonds. The smallest absolute Gasteiger partial charge is 0.416 e. The van der Waals surface area contributed by atoms with Crippen LogP contribution in [0.3, 0.4) is 0 Å². The number of benzene rings is 3. The van der Waals surface area contributed by atoms with Gasteiger partial charge in [-0.2, -0.15) is 13.2 Å². The van der Waals surface area contributed by atoms with Gasteiger partial charge in [0.25, 0.3) is 0 Å². The summed E-state index contributed by atoms with van der Waals surface area (Å²) >= 11 is 5.90. The molecule has 0 radical (unpaired) electrons. The van der Waals surface area contributed by atoms with Gasteiger partial charge in [-0.15, -0.1) is 0 Å². The lowest BCUT2D eigenvalue weighted by Crippen LogP contribution is -2.33. The number of carbonyl (C=O) groups excluding carboxylic acids is 1. The lowest BCUT2D eigenvalue weighted by Gasteiger charge is -2.24. The Morgan fingerprint density at radius 2 is 1.65 bits per heavy atom. The molecule has 1 heterocycles. The fraction of sp³-hybridized carbons (Fsp3) is 0.321. The number of alkyl halides is 3. The largest absolute Gasteiger partial charge is 0.457 e. The van der Waals surface area contributed by atoms with Gasteiger partial charge in [0.1, 0.15) is 11.5 Å². The second kappa shape index (κ2) is 14.5. The third-order valence-electron chi connectivity index (χ3n) is 6.01. The fourth-order valence-electron chi connectivity index (χ4n) is 4.02. The van der Waals surface area contributed by atoms with Gasteiger partial charge >= 0.3 is 12.2 Å². The average Bonchev–Trinajstić information content (AvgIpc) is 3.26. The molecular weight excluding hydrogens is 567 g/mol. The van der Waals surface area contributed by atoms with Crippen molar-refractivity contribution in [1.29, 1.82) is 0 Å². The monoisotopic (exact) mass is 597 g/mol. The predicted octanol–water partition coefficient (Wildman–Crippen LogP) is 6.80. The van der Waals surface area contributed by atoms with E-state index in [1.807, 2.05) is 6.92 Å². The first kappa shape index (κ1) is 31.4. The van der Waals surface area contributed by atoms with Gasteiger partial charge in [0, 0.05) is 43.3 Å². The van der Waals surface area contributed by atoms with Crippen LogP contribution in [0.4, 0.5) is 23.7 Å². The molecule has 3 aromatic carbocycles. The summed E-state index contributed by atoms with van der Waals surface area (Å²) in [6.07, 6.45) is -4.10. The first-order valence-electron chi connectivity index (χ1n) is 12.4. The molecule has 4 rings (SSSR count). The van der Waals surface area contributed by atoms with Crippen LogP contribution < -0.4 is 14.8 Å². The molecule has 40 heavy (non-hydrogen) atoms. The molecule has 0 aliphatic carbocycles. The normalized spacial score (nSPS) is 16.0. The van der Waals surface area contributed by atoms with Crippen LogP contribution >= 0.6 is 11.6 Å². The lowest BCUT2D eigenvalue weighted by atomic mass is 10.0. The summed E-state index contributed by atoms with van der Waals surface area (Å²) in [7, 11) is 0.182.